The van der Waals surface area contributed by atoms with Crippen molar-refractivity contribution in [3.8, 4) is 5.75 Å². The first-order valence-electron chi connectivity index (χ1n) is 4.99. The fraction of sp³-hybridized carbons (Fsp3) is 0.273. The number of amides is 1. The Morgan fingerprint density at radius 3 is 2.65 bits per heavy atom. The molecule has 0 fully saturated rings. The summed E-state index contributed by atoms with van der Waals surface area (Å²) in [5.41, 5.74) is 0.273. The lowest BCUT2D eigenvalue weighted by molar-refractivity contribution is -0.146. The molecule has 0 saturated heterocycles. The molecule has 0 aliphatic carbocycles. The molecule has 1 aromatic rings. The summed E-state index contributed by atoms with van der Waals surface area (Å²) < 4.78 is 0. The third-order valence-corrected chi connectivity index (χ3v) is 2.10. The molecule has 4 N–H and O–H groups in total. The van der Waals surface area contributed by atoms with Crippen LogP contribution in [0.1, 0.15) is 16.8 Å². The van der Waals surface area contributed by atoms with Crippen LogP contribution >= 0.6 is 0 Å². The molecule has 6 nitrogen and oxygen atoms in total. The van der Waals surface area contributed by atoms with Crippen molar-refractivity contribution < 1.29 is 24.9 Å². The minimum atomic E-state index is -1.49. The Hall–Kier alpha value is -2.08. The Labute approximate surface area is 97.5 Å². The summed E-state index contributed by atoms with van der Waals surface area (Å²) >= 11 is 0. The minimum Gasteiger partial charge on any atom is -0.508 e. The zero-order valence-electron chi connectivity index (χ0n) is 8.96. The fourth-order valence-electron chi connectivity index (χ4n) is 1.20. The molecule has 17 heavy (non-hydrogen) atoms. The first-order valence-corrected chi connectivity index (χ1v) is 4.99. The third kappa shape index (κ3) is 4.12. The average Bonchev–Trinajstić information content (AvgIpc) is 2.28. The highest BCUT2D eigenvalue weighted by Crippen LogP contribution is 2.10. The van der Waals surface area contributed by atoms with E-state index in [2.05, 4.69) is 5.32 Å². The van der Waals surface area contributed by atoms with Crippen molar-refractivity contribution in [2.75, 3.05) is 6.54 Å². The molecule has 1 amide bonds. The van der Waals surface area contributed by atoms with E-state index >= 15 is 0 Å². The first kappa shape index (κ1) is 13.0. The SMILES string of the molecule is O=C(NCC[C@H](O)C(=O)O)c1cccc(O)c1. The Bertz CT molecular complexity index is 418. The predicted molar refractivity (Wildman–Crippen MR) is 58.7 cm³/mol. The van der Waals surface area contributed by atoms with Gasteiger partial charge in [0.1, 0.15) is 5.75 Å². The molecule has 0 saturated carbocycles. The molecule has 1 aromatic carbocycles. The Balaban J connectivity index is 2.43. The molecule has 1 atom stereocenters. The van der Waals surface area contributed by atoms with E-state index < -0.39 is 18.0 Å². The molecule has 92 valence electrons. The topological polar surface area (TPSA) is 107 Å². The van der Waals surface area contributed by atoms with E-state index in [4.69, 9.17) is 15.3 Å². The van der Waals surface area contributed by atoms with E-state index in [1.807, 2.05) is 0 Å². The van der Waals surface area contributed by atoms with Gasteiger partial charge in [0.25, 0.3) is 5.91 Å². The second-order valence-electron chi connectivity index (χ2n) is 3.45. The number of carboxylic acid groups (broad SMARTS) is 1. The molecule has 0 spiro atoms. The zero-order valence-corrected chi connectivity index (χ0v) is 8.96. The predicted octanol–water partition coefficient (Wildman–Crippen LogP) is -0.0424. The molecule has 6 heteroatoms. The summed E-state index contributed by atoms with van der Waals surface area (Å²) in [5, 5.41) is 29.0. The Morgan fingerprint density at radius 1 is 1.35 bits per heavy atom. The maximum atomic E-state index is 11.5. The molecule has 0 aliphatic rings. The van der Waals surface area contributed by atoms with Gasteiger partial charge in [-0.15, -0.1) is 0 Å². The lowest BCUT2D eigenvalue weighted by atomic mass is 10.2. The monoisotopic (exact) mass is 239 g/mol. The van der Waals surface area contributed by atoms with Crippen molar-refractivity contribution >= 4 is 11.9 Å². The van der Waals surface area contributed by atoms with Crippen LogP contribution in [0.5, 0.6) is 5.75 Å². The molecular formula is C11H13NO5. The Morgan fingerprint density at radius 2 is 2.06 bits per heavy atom. The molecule has 1 rings (SSSR count). The summed E-state index contributed by atoms with van der Waals surface area (Å²) in [6.07, 6.45) is -1.56. The van der Waals surface area contributed by atoms with Crippen molar-refractivity contribution in [2.24, 2.45) is 0 Å². The largest absolute Gasteiger partial charge is 0.508 e. The number of aromatic hydroxyl groups is 1. The molecule has 0 bridgehead atoms. The van der Waals surface area contributed by atoms with Crippen LogP contribution in [0.4, 0.5) is 0 Å². The van der Waals surface area contributed by atoms with E-state index in [1.54, 1.807) is 0 Å². The highest BCUT2D eigenvalue weighted by Gasteiger charge is 2.13. The number of benzene rings is 1. The van der Waals surface area contributed by atoms with Gasteiger partial charge in [0, 0.05) is 18.5 Å². The van der Waals surface area contributed by atoms with Crippen molar-refractivity contribution in [1.29, 1.82) is 0 Å². The highest BCUT2D eigenvalue weighted by molar-refractivity contribution is 5.94. The van der Waals surface area contributed by atoms with Crippen LogP contribution in [-0.2, 0) is 4.79 Å². The normalized spacial score (nSPS) is 11.8. The number of hydrogen-bond acceptors (Lipinski definition) is 4. The van der Waals surface area contributed by atoms with Gasteiger partial charge in [0.05, 0.1) is 0 Å². The molecule has 0 unspecified atom stereocenters. The number of aliphatic hydroxyl groups is 1. The van der Waals surface area contributed by atoms with Crippen LogP contribution in [0.25, 0.3) is 0 Å². The number of phenols is 1. The number of aliphatic carboxylic acids is 1. The van der Waals surface area contributed by atoms with Gasteiger partial charge < -0.3 is 20.6 Å². The van der Waals surface area contributed by atoms with Crippen LogP contribution in [0.15, 0.2) is 24.3 Å². The minimum absolute atomic E-state index is 0.0248. The number of aliphatic hydroxyl groups excluding tert-OH is 1. The van der Waals surface area contributed by atoms with Gasteiger partial charge in [-0.1, -0.05) is 6.07 Å². The molecule has 0 heterocycles. The maximum Gasteiger partial charge on any atom is 0.332 e. The van der Waals surface area contributed by atoms with Gasteiger partial charge in [-0.25, -0.2) is 4.79 Å². The third-order valence-electron chi connectivity index (χ3n) is 2.10. The summed E-state index contributed by atoms with van der Waals surface area (Å²) in [6.45, 7) is 0.0436. The standard InChI is InChI=1S/C11H13NO5/c13-8-3-1-2-7(6-8)10(15)12-5-4-9(14)11(16)17/h1-3,6,9,13-14H,4-5H2,(H,12,15)(H,16,17)/t9-/m0/s1. The van der Waals surface area contributed by atoms with Gasteiger partial charge >= 0.3 is 5.97 Å². The van der Waals surface area contributed by atoms with Crippen molar-refractivity contribution in [2.45, 2.75) is 12.5 Å². The van der Waals surface area contributed by atoms with Gasteiger partial charge in [-0.2, -0.15) is 0 Å². The summed E-state index contributed by atoms with van der Waals surface area (Å²) in [5.74, 6) is -1.78. The van der Waals surface area contributed by atoms with Crippen molar-refractivity contribution in [3.05, 3.63) is 29.8 Å². The van der Waals surface area contributed by atoms with Crippen LogP contribution < -0.4 is 5.32 Å². The second-order valence-corrected chi connectivity index (χ2v) is 3.45. The maximum absolute atomic E-state index is 11.5. The lowest BCUT2D eigenvalue weighted by Crippen LogP contribution is -2.29. The molecule has 0 aromatic heterocycles. The molecule has 0 radical (unpaired) electrons. The van der Waals surface area contributed by atoms with Gasteiger partial charge in [-0.3, -0.25) is 4.79 Å². The fourth-order valence-corrected chi connectivity index (χ4v) is 1.20. The smallest absolute Gasteiger partial charge is 0.332 e. The van der Waals surface area contributed by atoms with Crippen molar-refractivity contribution in [1.82, 2.24) is 5.32 Å². The number of carbonyl (C=O) groups excluding carboxylic acids is 1. The number of phenolic OH excluding ortho intramolecular Hbond substituents is 1. The zero-order chi connectivity index (χ0) is 12.8. The number of rotatable bonds is 5. The first-order chi connectivity index (χ1) is 8.00. The quantitative estimate of drug-likeness (QED) is 0.576. The second kappa shape index (κ2) is 5.86. The molecule has 0 aliphatic heterocycles. The number of nitrogens with one attached hydrogen (secondary N) is 1. The average molecular weight is 239 g/mol. The molecular weight excluding hydrogens is 226 g/mol. The summed E-state index contributed by atoms with van der Waals surface area (Å²) in [6, 6.07) is 5.77. The van der Waals surface area contributed by atoms with E-state index in [0.717, 1.165) is 0 Å². The van der Waals surface area contributed by atoms with Gasteiger partial charge in [-0.05, 0) is 18.2 Å². The van der Waals surface area contributed by atoms with E-state index in [0.29, 0.717) is 0 Å². The van der Waals surface area contributed by atoms with Gasteiger partial charge in [0.15, 0.2) is 6.10 Å². The summed E-state index contributed by atoms with van der Waals surface area (Å²) in [4.78, 5) is 21.8. The number of carboxylic acids is 1. The Kier molecular flexibility index (Phi) is 4.47. The lowest BCUT2D eigenvalue weighted by Gasteiger charge is -2.07. The highest BCUT2D eigenvalue weighted by atomic mass is 16.4. The van der Waals surface area contributed by atoms with Crippen molar-refractivity contribution in [3.63, 3.8) is 0 Å². The van der Waals surface area contributed by atoms with Gasteiger partial charge in [0.2, 0.25) is 0 Å². The van der Waals surface area contributed by atoms with Crippen LogP contribution in [0.2, 0.25) is 0 Å². The van der Waals surface area contributed by atoms with E-state index in [9.17, 15) is 9.59 Å². The summed E-state index contributed by atoms with van der Waals surface area (Å²) in [7, 11) is 0. The van der Waals surface area contributed by atoms with E-state index in [1.165, 1.54) is 24.3 Å². The van der Waals surface area contributed by atoms with E-state index in [-0.39, 0.29) is 24.3 Å². The number of carbonyl (C=O) groups is 2. The van der Waals surface area contributed by atoms with Crippen LogP contribution in [0.3, 0.4) is 0 Å². The van der Waals surface area contributed by atoms with Crippen LogP contribution in [0, 0.1) is 0 Å². The number of hydrogen-bond donors (Lipinski definition) is 4. The van der Waals surface area contributed by atoms with Crippen LogP contribution in [-0.4, -0.2) is 39.8 Å².